The predicted molar refractivity (Wildman–Crippen MR) is 122 cm³/mol. The summed E-state index contributed by atoms with van der Waals surface area (Å²) in [6.45, 7) is 9.06. The van der Waals surface area contributed by atoms with E-state index in [0.717, 1.165) is 70.1 Å². The molecule has 2 atom stereocenters. The molecular weight excluding hydrogens is 380 g/mol. The Labute approximate surface area is 180 Å². The van der Waals surface area contributed by atoms with Crippen LogP contribution < -0.4 is 5.32 Å². The van der Waals surface area contributed by atoms with Gasteiger partial charge in [0.2, 0.25) is 5.91 Å². The minimum absolute atomic E-state index is 0.325. The van der Waals surface area contributed by atoms with Crippen molar-refractivity contribution in [2.75, 3.05) is 38.5 Å². The zero-order valence-corrected chi connectivity index (χ0v) is 18.8. The molecule has 3 rings (SSSR count). The molecule has 0 aliphatic carbocycles. The van der Waals surface area contributed by atoms with Gasteiger partial charge in [0.1, 0.15) is 0 Å². The first kappa shape index (κ1) is 22.0. The summed E-state index contributed by atoms with van der Waals surface area (Å²) in [7, 11) is 0. The third-order valence-corrected chi connectivity index (χ3v) is 7.14. The molecule has 1 aromatic rings. The Morgan fingerprint density at radius 1 is 1.28 bits per heavy atom. The summed E-state index contributed by atoms with van der Waals surface area (Å²) in [5, 5.41) is 3.48. The molecule has 1 N–H and O–H groups in total. The molecule has 2 aliphatic rings. The molecule has 0 spiro atoms. The number of rotatable bonds is 9. The summed E-state index contributed by atoms with van der Waals surface area (Å²) in [5.74, 6) is 3.23. The van der Waals surface area contributed by atoms with Crippen LogP contribution in [-0.4, -0.2) is 66.2 Å². The number of guanidine groups is 1. The minimum atomic E-state index is 0.325. The molecule has 29 heavy (non-hydrogen) atoms. The minimum Gasteiger partial charge on any atom is -0.357 e. The van der Waals surface area contributed by atoms with Crippen molar-refractivity contribution in [3.63, 3.8) is 0 Å². The highest BCUT2D eigenvalue weighted by Gasteiger charge is 2.27. The number of nitrogens with one attached hydrogen (secondary N) is 1. The molecule has 6 heteroatoms. The standard InChI is InChI=1S/C23H36N4OS/c1-3-20(27-15-8-11-22(27)28)12-14-25-23(24-4-2)26-16-13-19(17-26)18-29-21-9-6-5-7-10-21/h5-7,9-10,19-20H,3-4,8,11-18H2,1-2H3,(H,24,25). The van der Waals surface area contributed by atoms with Gasteiger partial charge in [-0.05, 0) is 50.7 Å². The first-order valence-electron chi connectivity index (χ1n) is 11.2. The van der Waals surface area contributed by atoms with Crippen LogP contribution >= 0.6 is 11.8 Å². The van der Waals surface area contributed by atoms with E-state index >= 15 is 0 Å². The molecule has 2 unspecified atom stereocenters. The van der Waals surface area contributed by atoms with Crippen molar-refractivity contribution in [3.05, 3.63) is 30.3 Å². The molecule has 2 aliphatic heterocycles. The Morgan fingerprint density at radius 3 is 2.79 bits per heavy atom. The van der Waals surface area contributed by atoms with Gasteiger partial charge in [-0.1, -0.05) is 25.1 Å². The number of carbonyl (C=O) groups excluding carboxylic acids is 1. The molecule has 1 amide bonds. The Balaban J connectivity index is 1.49. The molecule has 0 aromatic heterocycles. The van der Waals surface area contributed by atoms with E-state index in [0.29, 0.717) is 17.9 Å². The van der Waals surface area contributed by atoms with Gasteiger partial charge in [-0.25, -0.2) is 0 Å². The van der Waals surface area contributed by atoms with Gasteiger partial charge in [0, 0.05) is 55.8 Å². The van der Waals surface area contributed by atoms with E-state index in [1.54, 1.807) is 0 Å². The van der Waals surface area contributed by atoms with Gasteiger partial charge in [-0.2, -0.15) is 0 Å². The van der Waals surface area contributed by atoms with Crippen LogP contribution in [0.4, 0.5) is 0 Å². The van der Waals surface area contributed by atoms with Crippen molar-refractivity contribution >= 4 is 23.6 Å². The van der Waals surface area contributed by atoms with Crippen LogP contribution in [0.1, 0.15) is 46.0 Å². The highest BCUT2D eigenvalue weighted by molar-refractivity contribution is 7.99. The zero-order chi connectivity index (χ0) is 20.5. The number of hydrogen-bond donors (Lipinski definition) is 1. The number of likely N-dealkylation sites (tertiary alicyclic amines) is 2. The summed E-state index contributed by atoms with van der Waals surface area (Å²) >= 11 is 1.96. The van der Waals surface area contributed by atoms with Gasteiger partial charge in [0.15, 0.2) is 5.96 Å². The van der Waals surface area contributed by atoms with Crippen LogP contribution in [0.3, 0.4) is 0 Å². The Morgan fingerprint density at radius 2 is 2.10 bits per heavy atom. The van der Waals surface area contributed by atoms with Crippen molar-refractivity contribution < 1.29 is 4.79 Å². The second-order valence-corrected chi connectivity index (χ2v) is 9.10. The van der Waals surface area contributed by atoms with Gasteiger partial charge < -0.3 is 15.1 Å². The lowest BCUT2D eigenvalue weighted by Crippen LogP contribution is -2.41. The van der Waals surface area contributed by atoms with E-state index in [1.165, 1.54) is 11.3 Å². The maximum absolute atomic E-state index is 12.1. The molecule has 5 nitrogen and oxygen atoms in total. The highest BCUT2D eigenvalue weighted by atomic mass is 32.2. The van der Waals surface area contributed by atoms with E-state index in [1.807, 2.05) is 11.8 Å². The largest absolute Gasteiger partial charge is 0.357 e. The first-order valence-corrected chi connectivity index (χ1v) is 12.2. The topological polar surface area (TPSA) is 47.9 Å². The predicted octanol–water partition coefficient (Wildman–Crippen LogP) is 3.86. The number of aliphatic imine (C=N–C) groups is 1. The number of thioether (sulfide) groups is 1. The van der Waals surface area contributed by atoms with Crippen molar-refractivity contribution in [2.24, 2.45) is 10.9 Å². The lowest BCUT2D eigenvalue weighted by atomic mass is 10.1. The fourth-order valence-corrected chi connectivity index (χ4v) is 5.32. The van der Waals surface area contributed by atoms with Crippen LogP contribution in [0.2, 0.25) is 0 Å². The molecule has 0 saturated carbocycles. The first-order chi connectivity index (χ1) is 14.2. The van der Waals surface area contributed by atoms with Crippen LogP contribution in [-0.2, 0) is 4.79 Å². The fraction of sp³-hybridized carbons (Fsp3) is 0.652. The molecule has 0 bridgehead atoms. The second kappa shape index (κ2) is 11.5. The van der Waals surface area contributed by atoms with Crippen LogP contribution in [0.5, 0.6) is 0 Å². The molecule has 2 fully saturated rings. The summed E-state index contributed by atoms with van der Waals surface area (Å²) in [4.78, 5) is 22.8. The number of hydrogen-bond acceptors (Lipinski definition) is 3. The average Bonchev–Trinajstić information content (AvgIpc) is 3.39. The maximum atomic E-state index is 12.1. The van der Waals surface area contributed by atoms with E-state index < -0.39 is 0 Å². The molecular formula is C23H36N4OS. The smallest absolute Gasteiger partial charge is 0.222 e. The maximum Gasteiger partial charge on any atom is 0.222 e. The molecule has 2 heterocycles. The van der Waals surface area contributed by atoms with Crippen LogP contribution in [0, 0.1) is 5.92 Å². The SMILES string of the molecule is CCNC(=NCCC(CC)N1CCCC1=O)N1CCC(CSc2ccccc2)C1. The lowest BCUT2D eigenvalue weighted by Gasteiger charge is -2.27. The fourth-order valence-electron chi connectivity index (χ4n) is 4.27. The highest BCUT2D eigenvalue weighted by Crippen LogP contribution is 2.26. The van der Waals surface area contributed by atoms with Crippen LogP contribution in [0.25, 0.3) is 0 Å². The van der Waals surface area contributed by atoms with Crippen LogP contribution in [0.15, 0.2) is 40.2 Å². The Kier molecular flexibility index (Phi) is 8.71. The molecule has 160 valence electrons. The van der Waals surface area contributed by atoms with Gasteiger partial charge in [0.25, 0.3) is 0 Å². The second-order valence-electron chi connectivity index (χ2n) is 8.00. The van der Waals surface area contributed by atoms with Crippen molar-refractivity contribution in [3.8, 4) is 0 Å². The van der Waals surface area contributed by atoms with Crippen molar-refractivity contribution in [1.29, 1.82) is 0 Å². The van der Waals surface area contributed by atoms with Gasteiger partial charge in [-0.3, -0.25) is 9.79 Å². The van der Waals surface area contributed by atoms with Gasteiger partial charge >= 0.3 is 0 Å². The Hall–Kier alpha value is -1.69. The number of carbonyl (C=O) groups is 1. The summed E-state index contributed by atoms with van der Waals surface area (Å²) in [6, 6.07) is 11.0. The van der Waals surface area contributed by atoms with E-state index in [-0.39, 0.29) is 0 Å². The monoisotopic (exact) mass is 416 g/mol. The molecule has 1 aromatic carbocycles. The quantitative estimate of drug-likeness (QED) is 0.377. The molecule has 2 saturated heterocycles. The third-order valence-electron chi connectivity index (χ3n) is 5.90. The molecule has 0 radical (unpaired) electrons. The summed E-state index contributed by atoms with van der Waals surface area (Å²) in [6.07, 6.45) is 4.93. The normalized spacial score (nSPS) is 21.1. The van der Waals surface area contributed by atoms with E-state index in [2.05, 4.69) is 59.3 Å². The van der Waals surface area contributed by atoms with Gasteiger partial charge in [-0.15, -0.1) is 11.8 Å². The lowest BCUT2D eigenvalue weighted by molar-refractivity contribution is -0.129. The number of benzene rings is 1. The third kappa shape index (κ3) is 6.39. The van der Waals surface area contributed by atoms with E-state index in [4.69, 9.17) is 4.99 Å². The number of amides is 1. The van der Waals surface area contributed by atoms with Gasteiger partial charge in [0.05, 0.1) is 0 Å². The van der Waals surface area contributed by atoms with Crippen molar-refractivity contribution in [1.82, 2.24) is 15.1 Å². The average molecular weight is 417 g/mol. The van der Waals surface area contributed by atoms with Crippen molar-refractivity contribution in [2.45, 2.75) is 56.9 Å². The number of nitrogens with zero attached hydrogens (tertiary/aromatic N) is 3. The Bertz CT molecular complexity index is 666. The summed E-state index contributed by atoms with van der Waals surface area (Å²) in [5.41, 5.74) is 0. The zero-order valence-electron chi connectivity index (χ0n) is 18.0. The summed E-state index contributed by atoms with van der Waals surface area (Å²) < 4.78 is 0. The van der Waals surface area contributed by atoms with E-state index in [9.17, 15) is 4.79 Å².